The Kier molecular flexibility index (Phi) is 6.55. The molecule has 1 amide bonds. The predicted octanol–water partition coefficient (Wildman–Crippen LogP) is 1.31. The Balaban J connectivity index is 1.76. The number of carbonyl (C=O) groups is 1. The number of amides is 1. The Morgan fingerprint density at radius 3 is 2.61 bits per heavy atom. The van der Waals surface area contributed by atoms with Crippen LogP contribution in [0.3, 0.4) is 0 Å². The smallest absolute Gasteiger partial charge is 0.333 e. The van der Waals surface area contributed by atoms with E-state index in [2.05, 4.69) is 4.98 Å². The summed E-state index contributed by atoms with van der Waals surface area (Å²) in [5.41, 5.74) is 0.251. The van der Waals surface area contributed by atoms with Crippen molar-refractivity contribution >= 4 is 17.1 Å². The van der Waals surface area contributed by atoms with Crippen molar-refractivity contribution < 1.29 is 13.9 Å². The largest absolute Gasteiger partial charge is 0.467 e. The van der Waals surface area contributed by atoms with Crippen molar-refractivity contribution in [3.8, 4) is 0 Å². The molecule has 0 N–H and O–H groups in total. The summed E-state index contributed by atoms with van der Waals surface area (Å²) in [6, 6.07) is 12.9. The first-order valence-corrected chi connectivity index (χ1v) is 10.5. The summed E-state index contributed by atoms with van der Waals surface area (Å²) in [5.74, 6) is 0.215. The van der Waals surface area contributed by atoms with Gasteiger partial charge in [-0.2, -0.15) is 0 Å². The fourth-order valence-corrected chi connectivity index (χ4v) is 3.63. The molecule has 0 aliphatic heterocycles. The molecule has 4 aromatic rings. The van der Waals surface area contributed by atoms with Crippen molar-refractivity contribution in [1.82, 2.24) is 23.6 Å². The van der Waals surface area contributed by atoms with E-state index in [1.165, 1.54) is 22.1 Å². The van der Waals surface area contributed by atoms with Crippen molar-refractivity contribution in [3.63, 3.8) is 0 Å². The number of fused-ring (bicyclic) bond motifs is 1. The molecule has 0 atom stereocenters. The van der Waals surface area contributed by atoms with Crippen LogP contribution in [0.15, 0.2) is 69.1 Å². The maximum absolute atomic E-state index is 13.4. The number of rotatable bonds is 9. The standard InChI is InChI=1S/C23H25N5O5/c1-25(14-18-9-6-11-33-18)19(29)15-28-22(30)20-21(24-16-26(20)10-12-32-2)27(23(28)31)13-17-7-4-3-5-8-17/h3-9,11,16H,10,12-15H2,1-2H3. The van der Waals surface area contributed by atoms with Crippen LogP contribution in [0, 0.1) is 0 Å². The predicted molar refractivity (Wildman–Crippen MR) is 121 cm³/mol. The number of imidazole rings is 1. The minimum Gasteiger partial charge on any atom is -0.467 e. The minimum absolute atomic E-state index is 0.216. The first-order valence-electron chi connectivity index (χ1n) is 10.5. The lowest BCUT2D eigenvalue weighted by molar-refractivity contribution is -0.131. The van der Waals surface area contributed by atoms with Crippen LogP contribution in [0.5, 0.6) is 0 Å². The number of benzene rings is 1. The van der Waals surface area contributed by atoms with Gasteiger partial charge in [-0.3, -0.25) is 14.2 Å². The third-order valence-corrected chi connectivity index (χ3v) is 5.40. The van der Waals surface area contributed by atoms with Crippen LogP contribution in [0.1, 0.15) is 11.3 Å². The number of hydrogen-bond donors (Lipinski definition) is 0. The van der Waals surface area contributed by atoms with Gasteiger partial charge in [-0.1, -0.05) is 30.3 Å². The van der Waals surface area contributed by atoms with E-state index in [9.17, 15) is 14.4 Å². The van der Waals surface area contributed by atoms with E-state index < -0.39 is 17.8 Å². The van der Waals surface area contributed by atoms with Gasteiger partial charge in [0, 0.05) is 20.7 Å². The van der Waals surface area contributed by atoms with E-state index in [1.54, 1.807) is 30.9 Å². The van der Waals surface area contributed by atoms with Crippen LogP contribution in [0.2, 0.25) is 0 Å². The maximum atomic E-state index is 13.4. The van der Waals surface area contributed by atoms with Gasteiger partial charge in [0.25, 0.3) is 5.56 Å². The molecule has 0 aliphatic rings. The first-order chi connectivity index (χ1) is 16.0. The van der Waals surface area contributed by atoms with Crippen molar-refractivity contribution in [2.75, 3.05) is 20.8 Å². The van der Waals surface area contributed by atoms with Gasteiger partial charge in [0.2, 0.25) is 5.91 Å². The van der Waals surface area contributed by atoms with Gasteiger partial charge in [-0.05, 0) is 17.7 Å². The van der Waals surface area contributed by atoms with Crippen LogP contribution in [-0.4, -0.2) is 50.3 Å². The Morgan fingerprint density at radius 2 is 1.91 bits per heavy atom. The summed E-state index contributed by atoms with van der Waals surface area (Å²) in [5, 5.41) is 0. The first kappa shape index (κ1) is 22.3. The second-order valence-corrected chi connectivity index (χ2v) is 7.68. The van der Waals surface area contributed by atoms with E-state index in [0.717, 1.165) is 10.1 Å². The van der Waals surface area contributed by atoms with Crippen molar-refractivity contribution in [2.45, 2.75) is 26.2 Å². The van der Waals surface area contributed by atoms with Crippen LogP contribution < -0.4 is 11.2 Å². The molecular formula is C23H25N5O5. The van der Waals surface area contributed by atoms with Crippen LogP contribution >= 0.6 is 0 Å². The number of likely N-dealkylation sites (N-methyl/N-ethyl adjacent to an activating group) is 1. The summed E-state index contributed by atoms with van der Waals surface area (Å²) in [6.07, 6.45) is 3.04. The maximum Gasteiger partial charge on any atom is 0.333 e. The van der Waals surface area contributed by atoms with Crippen LogP contribution in [0.4, 0.5) is 0 Å². The summed E-state index contributed by atoms with van der Waals surface area (Å²) in [6.45, 7) is 0.807. The van der Waals surface area contributed by atoms with Gasteiger partial charge < -0.3 is 18.6 Å². The number of carbonyl (C=O) groups excluding carboxylic acids is 1. The van der Waals surface area contributed by atoms with Gasteiger partial charge in [0.05, 0.1) is 32.3 Å². The Labute approximate surface area is 189 Å². The number of furan rings is 1. The molecule has 0 fully saturated rings. The van der Waals surface area contributed by atoms with Gasteiger partial charge in [0.1, 0.15) is 12.3 Å². The molecule has 0 aliphatic carbocycles. The number of aromatic nitrogens is 4. The Hall–Kier alpha value is -3.92. The molecule has 0 unspecified atom stereocenters. The second kappa shape index (κ2) is 9.70. The zero-order valence-corrected chi connectivity index (χ0v) is 18.5. The molecule has 0 radical (unpaired) electrons. The molecule has 1 aromatic carbocycles. The average Bonchev–Trinajstić information content (AvgIpc) is 3.48. The highest BCUT2D eigenvalue weighted by Gasteiger charge is 2.21. The number of hydrogen-bond acceptors (Lipinski definition) is 6. The lowest BCUT2D eigenvalue weighted by Crippen LogP contribution is -2.44. The SMILES string of the molecule is COCCn1cnc2c1c(=O)n(CC(=O)N(C)Cc1ccco1)c(=O)n2Cc1ccccc1. The molecule has 10 nitrogen and oxygen atoms in total. The van der Waals surface area contributed by atoms with Crippen molar-refractivity contribution in [1.29, 1.82) is 0 Å². The summed E-state index contributed by atoms with van der Waals surface area (Å²) >= 11 is 0. The summed E-state index contributed by atoms with van der Waals surface area (Å²) in [4.78, 5) is 45.3. The topological polar surface area (TPSA) is 104 Å². The monoisotopic (exact) mass is 451 g/mol. The van der Waals surface area contributed by atoms with E-state index in [-0.39, 0.29) is 30.2 Å². The number of methoxy groups -OCH3 is 1. The minimum atomic E-state index is -0.590. The molecule has 0 bridgehead atoms. The molecule has 3 aromatic heterocycles. The molecule has 10 heteroatoms. The van der Waals surface area contributed by atoms with E-state index in [4.69, 9.17) is 9.15 Å². The molecule has 0 spiro atoms. The van der Waals surface area contributed by atoms with Crippen LogP contribution in [-0.2, 0) is 35.7 Å². The zero-order valence-electron chi connectivity index (χ0n) is 18.5. The van der Waals surface area contributed by atoms with Gasteiger partial charge in [-0.15, -0.1) is 0 Å². The fraction of sp³-hybridized carbons (Fsp3) is 0.304. The van der Waals surface area contributed by atoms with E-state index in [1.807, 2.05) is 30.3 Å². The van der Waals surface area contributed by atoms with Gasteiger partial charge in [0.15, 0.2) is 11.2 Å². The number of nitrogens with zero attached hydrogens (tertiary/aromatic N) is 5. The van der Waals surface area contributed by atoms with Crippen LogP contribution in [0.25, 0.3) is 11.2 Å². The quantitative estimate of drug-likeness (QED) is 0.380. The molecule has 172 valence electrons. The third-order valence-electron chi connectivity index (χ3n) is 5.40. The molecule has 4 rings (SSSR count). The summed E-state index contributed by atoms with van der Waals surface area (Å²) in [7, 11) is 3.16. The van der Waals surface area contributed by atoms with E-state index in [0.29, 0.717) is 18.9 Å². The molecular weight excluding hydrogens is 426 g/mol. The van der Waals surface area contributed by atoms with Gasteiger partial charge >= 0.3 is 5.69 Å². The highest BCUT2D eigenvalue weighted by Crippen LogP contribution is 2.10. The molecule has 33 heavy (non-hydrogen) atoms. The Bertz CT molecular complexity index is 1350. The third kappa shape index (κ3) is 4.65. The normalized spacial score (nSPS) is 11.2. The van der Waals surface area contributed by atoms with E-state index >= 15 is 0 Å². The molecule has 0 saturated carbocycles. The lowest BCUT2D eigenvalue weighted by Gasteiger charge is -2.17. The van der Waals surface area contributed by atoms with Crippen molar-refractivity contribution in [3.05, 3.63) is 87.2 Å². The number of ether oxygens (including phenoxy) is 1. The fourth-order valence-electron chi connectivity index (χ4n) is 3.63. The lowest BCUT2D eigenvalue weighted by atomic mass is 10.2. The zero-order chi connectivity index (χ0) is 23.4. The average molecular weight is 451 g/mol. The second-order valence-electron chi connectivity index (χ2n) is 7.68. The molecule has 3 heterocycles. The van der Waals surface area contributed by atoms with Gasteiger partial charge in [-0.25, -0.2) is 14.3 Å². The highest BCUT2D eigenvalue weighted by atomic mass is 16.5. The molecule has 0 saturated heterocycles. The Morgan fingerprint density at radius 1 is 1.12 bits per heavy atom. The highest BCUT2D eigenvalue weighted by molar-refractivity contribution is 5.76. The van der Waals surface area contributed by atoms with Crippen molar-refractivity contribution in [2.24, 2.45) is 0 Å². The summed E-state index contributed by atoms with van der Waals surface area (Å²) < 4.78 is 14.5.